The second-order valence-electron chi connectivity index (χ2n) is 7.68. The van der Waals surface area contributed by atoms with Gasteiger partial charge < -0.3 is 0 Å². The number of nitrogens with zero attached hydrogens (tertiary/aromatic N) is 4. The van der Waals surface area contributed by atoms with E-state index in [1.54, 1.807) is 6.07 Å². The molecule has 3 aromatic rings. The standard InChI is InChI=1S/C22H15F6N5OS2/c23-21(24,25)15-9-14(10-16(11-15)22(26,27)28)13-4-1-3-12(7-13)8-17-19(34)33(20(35)36-17)6-2-5-18-29-31-32-30-18/h1,3-4,7-11H,2,5-6H2,(H,29,30,31,32)/b17-8-. The number of halogens is 6. The number of amides is 1. The molecule has 1 aromatic heterocycles. The van der Waals surface area contributed by atoms with Crippen LogP contribution in [0, 0.1) is 0 Å². The number of carbonyl (C=O) groups excluding carboxylic acids is 1. The zero-order chi connectivity index (χ0) is 26.1. The molecule has 1 amide bonds. The third-order valence-corrected chi connectivity index (χ3v) is 6.53. The van der Waals surface area contributed by atoms with Crippen molar-refractivity contribution < 1.29 is 31.1 Å². The number of rotatable bonds is 6. The number of aromatic nitrogens is 4. The average Bonchev–Trinajstić information content (AvgIpc) is 3.41. The van der Waals surface area contributed by atoms with E-state index in [2.05, 4.69) is 20.6 Å². The van der Waals surface area contributed by atoms with Crippen LogP contribution in [0.3, 0.4) is 0 Å². The maximum Gasteiger partial charge on any atom is 0.416 e. The number of hydrogen-bond acceptors (Lipinski definition) is 6. The van der Waals surface area contributed by atoms with Crippen molar-refractivity contribution in [2.45, 2.75) is 25.2 Å². The lowest BCUT2D eigenvalue weighted by Gasteiger charge is -2.14. The minimum Gasteiger partial charge on any atom is -0.293 e. The van der Waals surface area contributed by atoms with Crippen molar-refractivity contribution in [3.8, 4) is 11.1 Å². The number of nitrogens with one attached hydrogen (secondary N) is 1. The molecule has 2 aromatic carbocycles. The molecule has 188 valence electrons. The van der Waals surface area contributed by atoms with Crippen LogP contribution in [0.2, 0.25) is 0 Å². The first-order valence-corrected chi connectivity index (χ1v) is 11.5. The lowest BCUT2D eigenvalue weighted by molar-refractivity contribution is -0.143. The predicted octanol–water partition coefficient (Wildman–Crippen LogP) is 5.74. The molecule has 6 nitrogen and oxygen atoms in total. The molecule has 36 heavy (non-hydrogen) atoms. The fourth-order valence-corrected chi connectivity index (χ4v) is 4.77. The summed E-state index contributed by atoms with van der Waals surface area (Å²) in [5, 5.41) is 13.5. The average molecular weight is 544 g/mol. The van der Waals surface area contributed by atoms with E-state index in [0.29, 0.717) is 47.2 Å². The molecule has 4 rings (SSSR count). The quantitative estimate of drug-likeness (QED) is 0.243. The van der Waals surface area contributed by atoms with Crippen molar-refractivity contribution >= 4 is 40.3 Å². The zero-order valence-electron chi connectivity index (χ0n) is 18.0. The Morgan fingerprint density at radius 3 is 2.31 bits per heavy atom. The monoisotopic (exact) mass is 543 g/mol. The van der Waals surface area contributed by atoms with E-state index in [1.807, 2.05) is 0 Å². The second kappa shape index (κ2) is 10.0. The van der Waals surface area contributed by atoms with E-state index in [9.17, 15) is 31.1 Å². The molecule has 1 N–H and O–H groups in total. The largest absolute Gasteiger partial charge is 0.416 e. The summed E-state index contributed by atoms with van der Waals surface area (Å²) >= 11 is 6.35. The van der Waals surface area contributed by atoms with Gasteiger partial charge in [-0.15, -0.1) is 10.2 Å². The first-order valence-electron chi connectivity index (χ1n) is 10.3. The molecule has 1 fully saturated rings. The van der Waals surface area contributed by atoms with Crippen LogP contribution in [0.25, 0.3) is 17.2 Å². The van der Waals surface area contributed by atoms with Crippen LogP contribution in [0.1, 0.15) is 28.9 Å². The summed E-state index contributed by atoms with van der Waals surface area (Å²) in [5.74, 6) is 0.151. The Labute approximate surface area is 209 Å². The molecular formula is C22H15F6N5OS2. The third-order valence-electron chi connectivity index (χ3n) is 5.15. The van der Waals surface area contributed by atoms with E-state index < -0.39 is 23.5 Å². The first kappa shape index (κ1) is 25.8. The number of alkyl halides is 6. The Morgan fingerprint density at radius 2 is 1.69 bits per heavy atom. The van der Waals surface area contributed by atoms with Crippen molar-refractivity contribution in [1.29, 1.82) is 0 Å². The summed E-state index contributed by atoms with van der Waals surface area (Å²) in [4.78, 5) is 14.5. The minimum atomic E-state index is -4.95. The van der Waals surface area contributed by atoms with E-state index in [4.69, 9.17) is 12.2 Å². The smallest absolute Gasteiger partial charge is 0.293 e. The number of hydrogen-bond donors (Lipinski definition) is 1. The normalized spacial score (nSPS) is 15.8. The molecule has 1 saturated heterocycles. The van der Waals surface area contributed by atoms with Crippen LogP contribution >= 0.6 is 24.0 Å². The highest BCUT2D eigenvalue weighted by Gasteiger charge is 2.37. The Hall–Kier alpha value is -3.26. The van der Waals surface area contributed by atoms with Crippen molar-refractivity contribution in [3.05, 3.63) is 69.9 Å². The molecule has 1 aliphatic rings. The number of thioether (sulfide) groups is 1. The van der Waals surface area contributed by atoms with Crippen molar-refractivity contribution in [2.24, 2.45) is 0 Å². The van der Waals surface area contributed by atoms with E-state index in [-0.39, 0.29) is 28.0 Å². The van der Waals surface area contributed by atoms with E-state index in [1.165, 1.54) is 29.2 Å². The van der Waals surface area contributed by atoms with Crippen molar-refractivity contribution in [2.75, 3.05) is 6.54 Å². The molecule has 2 heterocycles. The molecular weight excluding hydrogens is 528 g/mol. The van der Waals surface area contributed by atoms with Crippen LogP contribution in [0.15, 0.2) is 47.4 Å². The number of aryl methyl sites for hydroxylation is 1. The van der Waals surface area contributed by atoms with Gasteiger partial charge in [0, 0.05) is 13.0 Å². The van der Waals surface area contributed by atoms with E-state index in [0.717, 1.165) is 11.8 Å². The second-order valence-corrected chi connectivity index (χ2v) is 9.36. The summed E-state index contributed by atoms with van der Waals surface area (Å²) in [6, 6.07) is 7.30. The summed E-state index contributed by atoms with van der Waals surface area (Å²) in [6.07, 6.45) is -7.39. The molecule has 0 unspecified atom stereocenters. The van der Waals surface area contributed by atoms with Gasteiger partial charge in [0.2, 0.25) is 0 Å². The van der Waals surface area contributed by atoms with Gasteiger partial charge in [0.25, 0.3) is 5.91 Å². The van der Waals surface area contributed by atoms with Gasteiger partial charge in [0.15, 0.2) is 5.82 Å². The fourth-order valence-electron chi connectivity index (χ4n) is 3.46. The van der Waals surface area contributed by atoms with Crippen LogP contribution in [-0.4, -0.2) is 42.3 Å². The third kappa shape index (κ3) is 5.93. The predicted molar refractivity (Wildman–Crippen MR) is 124 cm³/mol. The highest BCUT2D eigenvalue weighted by atomic mass is 32.2. The van der Waals surface area contributed by atoms with Crippen LogP contribution in [0.5, 0.6) is 0 Å². The molecule has 0 bridgehead atoms. The minimum absolute atomic E-state index is 0.0807. The Balaban J connectivity index is 1.57. The Bertz CT molecular complexity index is 1290. The maximum absolute atomic E-state index is 13.2. The van der Waals surface area contributed by atoms with Crippen molar-refractivity contribution in [3.63, 3.8) is 0 Å². The Morgan fingerprint density at radius 1 is 1.00 bits per heavy atom. The molecule has 14 heteroatoms. The number of thiocarbonyl (C=S) groups is 1. The van der Waals surface area contributed by atoms with Crippen LogP contribution in [0.4, 0.5) is 26.3 Å². The number of carbonyl (C=O) groups is 1. The van der Waals surface area contributed by atoms with Gasteiger partial charge in [-0.25, -0.2) is 0 Å². The Kier molecular flexibility index (Phi) is 7.18. The lowest BCUT2D eigenvalue weighted by Crippen LogP contribution is -2.29. The molecule has 0 atom stereocenters. The number of H-pyrrole nitrogens is 1. The molecule has 0 aliphatic carbocycles. The van der Waals surface area contributed by atoms with Gasteiger partial charge >= 0.3 is 12.4 Å². The van der Waals surface area contributed by atoms with Crippen LogP contribution in [-0.2, 0) is 23.6 Å². The van der Waals surface area contributed by atoms with Gasteiger partial charge in [0.05, 0.1) is 16.0 Å². The lowest BCUT2D eigenvalue weighted by atomic mass is 9.97. The van der Waals surface area contributed by atoms with Gasteiger partial charge in [-0.05, 0) is 53.5 Å². The number of benzene rings is 2. The number of aromatic amines is 1. The summed E-state index contributed by atoms with van der Waals surface area (Å²) in [6.45, 7) is 0.320. The summed E-state index contributed by atoms with van der Waals surface area (Å²) in [5.41, 5.74) is -2.50. The van der Waals surface area contributed by atoms with E-state index >= 15 is 0 Å². The molecule has 0 spiro atoms. The SMILES string of the molecule is O=C1/C(=C/c2cccc(-c3cc(C(F)(F)F)cc(C(F)(F)F)c3)c2)SC(=S)N1CCCc1nn[nH]n1. The first-order chi connectivity index (χ1) is 16.9. The van der Waals surface area contributed by atoms with Gasteiger partial charge in [-0.3, -0.25) is 9.69 Å². The fraction of sp³-hybridized carbons (Fsp3) is 0.227. The topological polar surface area (TPSA) is 74.8 Å². The highest BCUT2D eigenvalue weighted by molar-refractivity contribution is 8.26. The maximum atomic E-state index is 13.2. The zero-order valence-corrected chi connectivity index (χ0v) is 19.7. The molecule has 0 saturated carbocycles. The van der Waals surface area contributed by atoms with Gasteiger partial charge in [-0.2, -0.15) is 31.6 Å². The number of tetrazole rings is 1. The highest BCUT2D eigenvalue weighted by Crippen LogP contribution is 2.39. The van der Waals surface area contributed by atoms with Gasteiger partial charge in [-0.1, -0.05) is 47.4 Å². The molecule has 1 aliphatic heterocycles. The van der Waals surface area contributed by atoms with Gasteiger partial charge in [0.1, 0.15) is 4.32 Å². The van der Waals surface area contributed by atoms with Crippen molar-refractivity contribution in [1.82, 2.24) is 25.5 Å². The summed E-state index contributed by atoms with van der Waals surface area (Å²) in [7, 11) is 0. The van der Waals surface area contributed by atoms with Crippen LogP contribution < -0.4 is 0 Å². The summed E-state index contributed by atoms with van der Waals surface area (Å²) < 4.78 is 79.8. The molecule has 0 radical (unpaired) electrons.